The second-order valence-corrected chi connectivity index (χ2v) is 8.78. The van der Waals surface area contributed by atoms with Crippen molar-refractivity contribution in [3.05, 3.63) is 17.5 Å². The predicted molar refractivity (Wildman–Crippen MR) is 105 cm³/mol. The monoisotopic (exact) mass is 360 g/mol. The fourth-order valence-corrected chi connectivity index (χ4v) is 4.03. The lowest BCUT2D eigenvalue weighted by Gasteiger charge is -2.34. The summed E-state index contributed by atoms with van der Waals surface area (Å²) in [6.07, 6.45) is 3.84. The lowest BCUT2D eigenvalue weighted by molar-refractivity contribution is 0.0692. The van der Waals surface area contributed by atoms with Gasteiger partial charge >= 0.3 is 0 Å². The highest BCUT2D eigenvalue weighted by atomic mass is 16.2. The van der Waals surface area contributed by atoms with Gasteiger partial charge in [-0.25, -0.2) is 0 Å². The van der Waals surface area contributed by atoms with Gasteiger partial charge in [0.1, 0.15) is 5.69 Å². The molecule has 0 bridgehead atoms. The lowest BCUT2D eigenvalue weighted by atomic mass is 10.0. The van der Waals surface area contributed by atoms with Crippen LogP contribution in [0.25, 0.3) is 0 Å². The standard InChI is InChI=1S/C21H36N4O/c1-6-25-19(12-18(22-25)15(2)3)21(26)24-11-7-10-23(13-17-8-9-17)20(14-24)16(4)5/h12,15-17,20H,6-11,13-14H2,1-5H3. The van der Waals surface area contributed by atoms with Crippen molar-refractivity contribution in [2.24, 2.45) is 11.8 Å². The molecule has 0 spiro atoms. The molecule has 5 nitrogen and oxygen atoms in total. The van der Waals surface area contributed by atoms with Gasteiger partial charge in [-0.1, -0.05) is 27.7 Å². The zero-order valence-electron chi connectivity index (χ0n) is 17.2. The Hall–Kier alpha value is -1.36. The van der Waals surface area contributed by atoms with Gasteiger partial charge in [0, 0.05) is 38.8 Å². The SMILES string of the molecule is CCn1nc(C(C)C)cc1C(=O)N1CCCN(CC2CC2)C(C(C)C)C1. The minimum Gasteiger partial charge on any atom is -0.336 e. The number of amides is 1. The Morgan fingerprint density at radius 3 is 2.54 bits per heavy atom. The molecule has 5 heteroatoms. The summed E-state index contributed by atoms with van der Waals surface area (Å²) in [6, 6.07) is 2.47. The number of hydrogen-bond donors (Lipinski definition) is 0. The van der Waals surface area contributed by atoms with E-state index in [-0.39, 0.29) is 5.91 Å². The maximum Gasteiger partial charge on any atom is 0.272 e. The van der Waals surface area contributed by atoms with Crippen molar-refractivity contribution in [3.63, 3.8) is 0 Å². The molecule has 1 saturated carbocycles. The van der Waals surface area contributed by atoms with Gasteiger partial charge < -0.3 is 4.90 Å². The van der Waals surface area contributed by atoms with Crippen molar-refractivity contribution in [3.8, 4) is 0 Å². The summed E-state index contributed by atoms with van der Waals surface area (Å²) in [4.78, 5) is 18.1. The third-order valence-corrected chi connectivity index (χ3v) is 5.91. The summed E-state index contributed by atoms with van der Waals surface area (Å²) in [5.74, 6) is 1.96. The molecule has 0 N–H and O–H groups in total. The quantitative estimate of drug-likeness (QED) is 0.778. The third kappa shape index (κ3) is 4.30. The molecular formula is C21H36N4O. The molecule has 1 unspecified atom stereocenters. The molecule has 146 valence electrons. The molecule has 3 rings (SSSR count). The Morgan fingerprint density at radius 1 is 1.23 bits per heavy atom. The van der Waals surface area contributed by atoms with E-state index in [9.17, 15) is 4.79 Å². The first-order valence-electron chi connectivity index (χ1n) is 10.5. The smallest absolute Gasteiger partial charge is 0.272 e. The molecule has 0 aromatic carbocycles. The third-order valence-electron chi connectivity index (χ3n) is 5.91. The zero-order chi connectivity index (χ0) is 18.8. The van der Waals surface area contributed by atoms with Crippen LogP contribution in [0.1, 0.15) is 76.0 Å². The van der Waals surface area contributed by atoms with Gasteiger partial charge in [0.25, 0.3) is 5.91 Å². The van der Waals surface area contributed by atoms with E-state index >= 15 is 0 Å². The van der Waals surface area contributed by atoms with Gasteiger partial charge in [-0.05, 0) is 50.0 Å². The minimum atomic E-state index is 0.158. The van der Waals surface area contributed by atoms with E-state index in [0.29, 0.717) is 17.9 Å². The summed E-state index contributed by atoms with van der Waals surface area (Å²) < 4.78 is 1.88. The van der Waals surface area contributed by atoms with Gasteiger partial charge in [0.15, 0.2) is 0 Å². The predicted octanol–water partition coefficient (Wildman–Crippen LogP) is 3.61. The van der Waals surface area contributed by atoms with Crippen molar-refractivity contribution in [2.45, 2.75) is 72.4 Å². The van der Waals surface area contributed by atoms with Crippen LogP contribution in [-0.4, -0.2) is 57.7 Å². The Kier molecular flexibility index (Phi) is 6.06. The fourth-order valence-electron chi connectivity index (χ4n) is 4.03. The Balaban J connectivity index is 1.78. The van der Waals surface area contributed by atoms with Crippen molar-refractivity contribution in [1.29, 1.82) is 0 Å². The van der Waals surface area contributed by atoms with E-state index in [1.165, 1.54) is 19.4 Å². The van der Waals surface area contributed by atoms with Crippen LogP contribution >= 0.6 is 0 Å². The zero-order valence-corrected chi connectivity index (χ0v) is 17.2. The number of rotatable bonds is 6. The highest BCUT2D eigenvalue weighted by Gasteiger charge is 2.34. The second kappa shape index (κ2) is 8.12. The molecule has 1 atom stereocenters. The maximum atomic E-state index is 13.3. The summed E-state index contributed by atoms with van der Waals surface area (Å²) in [5, 5.41) is 4.64. The van der Waals surface area contributed by atoms with Crippen LogP contribution in [0.15, 0.2) is 6.07 Å². The van der Waals surface area contributed by atoms with Gasteiger partial charge in [-0.3, -0.25) is 14.4 Å². The molecular weight excluding hydrogens is 324 g/mol. The first-order chi connectivity index (χ1) is 12.4. The number of carbonyl (C=O) groups excluding carboxylic acids is 1. The van der Waals surface area contributed by atoms with Crippen molar-refractivity contribution >= 4 is 5.91 Å². The van der Waals surface area contributed by atoms with E-state index in [1.807, 2.05) is 10.7 Å². The van der Waals surface area contributed by atoms with Crippen LogP contribution in [0, 0.1) is 11.8 Å². The highest BCUT2D eigenvalue weighted by molar-refractivity contribution is 5.92. The average Bonchev–Trinajstić information content (AvgIpc) is 3.34. The number of hydrogen-bond acceptors (Lipinski definition) is 3. The average molecular weight is 361 g/mol. The summed E-state index contributed by atoms with van der Waals surface area (Å²) in [5.41, 5.74) is 1.77. The minimum absolute atomic E-state index is 0.158. The van der Waals surface area contributed by atoms with Crippen molar-refractivity contribution < 1.29 is 4.79 Å². The highest BCUT2D eigenvalue weighted by Crippen LogP contribution is 2.32. The summed E-state index contributed by atoms with van der Waals surface area (Å²) in [6.45, 7) is 15.7. The molecule has 0 radical (unpaired) electrons. The number of carbonyl (C=O) groups is 1. The molecule has 1 aromatic heterocycles. The summed E-state index contributed by atoms with van der Waals surface area (Å²) >= 11 is 0. The van der Waals surface area contributed by atoms with Gasteiger partial charge in [-0.15, -0.1) is 0 Å². The fraction of sp³-hybridized carbons (Fsp3) is 0.810. The molecule has 2 aliphatic rings. The first-order valence-corrected chi connectivity index (χ1v) is 10.5. The normalized spacial score (nSPS) is 22.3. The number of aryl methyl sites for hydroxylation is 1. The second-order valence-electron chi connectivity index (χ2n) is 8.78. The number of aromatic nitrogens is 2. The Morgan fingerprint density at radius 2 is 1.96 bits per heavy atom. The molecule has 1 aromatic rings. The van der Waals surface area contributed by atoms with Gasteiger partial charge in [0.05, 0.1) is 5.69 Å². The van der Waals surface area contributed by atoms with Crippen LogP contribution in [0.4, 0.5) is 0 Å². The molecule has 1 aliphatic carbocycles. The van der Waals surface area contributed by atoms with Crippen LogP contribution in [0.5, 0.6) is 0 Å². The molecule has 1 amide bonds. The van der Waals surface area contributed by atoms with Crippen LogP contribution in [-0.2, 0) is 6.54 Å². The Bertz CT molecular complexity index is 618. The van der Waals surface area contributed by atoms with E-state index in [1.54, 1.807) is 0 Å². The molecule has 2 fully saturated rings. The van der Waals surface area contributed by atoms with E-state index in [0.717, 1.165) is 49.9 Å². The largest absolute Gasteiger partial charge is 0.336 e. The first kappa shape index (κ1) is 19.4. The molecule has 26 heavy (non-hydrogen) atoms. The lowest BCUT2D eigenvalue weighted by Crippen LogP contribution is -2.46. The molecule has 1 aliphatic heterocycles. The molecule has 1 saturated heterocycles. The van der Waals surface area contributed by atoms with Gasteiger partial charge in [0.2, 0.25) is 0 Å². The van der Waals surface area contributed by atoms with E-state index in [4.69, 9.17) is 0 Å². The van der Waals surface area contributed by atoms with Crippen molar-refractivity contribution in [1.82, 2.24) is 19.6 Å². The van der Waals surface area contributed by atoms with E-state index < -0.39 is 0 Å². The van der Waals surface area contributed by atoms with Crippen LogP contribution in [0.3, 0.4) is 0 Å². The molecule has 2 heterocycles. The maximum absolute atomic E-state index is 13.3. The Labute approximate surface area is 158 Å². The topological polar surface area (TPSA) is 41.4 Å². The van der Waals surface area contributed by atoms with Gasteiger partial charge in [-0.2, -0.15) is 5.10 Å². The number of nitrogens with zero attached hydrogens (tertiary/aromatic N) is 4. The van der Waals surface area contributed by atoms with Crippen molar-refractivity contribution in [2.75, 3.05) is 26.2 Å². The van der Waals surface area contributed by atoms with Crippen LogP contribution in [0.2, 0.25) is 0 Å². The van der Waals surface area contributed by atoms with Crippen LogP contribution < -0.4 is 0 Å². The summed E-state index contributed by atoms with van der Waals surface area (Å²) in [7, 11) is 0. The van der Waals surface area contributed by atoms with E-state index in [2.05, 4.69) is 49.5 Å².